The van der Waals surface area contributed by atoms with Crippen molar-refractivity contribution in [3.05, 3.63) is 36.4 Å². The van der Waals surface area contributed by atoms with Gasteiger partial charge in [0.25, 0.3) is 0 Å². The molecule has 0 spiro atoms. The zero-order valence-corrected chi connectivity index (χ0v) is 14.5. The Hall–Kier alpha value is -1.76. The number of aliphatic hydroxyl groups is 1. The van der Waals surface area contributed by atoms with E-state index in [4.69, 9.17) is 4.42 Å². The molecule has 0 bridgehead atoms. The van der Waals surface area contributed by atoms with Crippen molar-refractivity contribution >= 4 is 0 Å². The Morgan fingerprint density at radius 2 is 2.04 bits per heavy atom. The number of furan rings is 1. The van der Waals surface area contributed by atoms with Gasteiger partial charge in [-0.25, -0.2) is 9.97 Å². The van der Waals surface area contributed by atoms with E-state index >= 15 is 0 Å². The summed E-state index contributed by atoms with van der Waals surface area (Å²) in [6.45, 7) is 3.43. The normalized spacial score (nSPS) is 22.7. The molecule has 0 unspecified atom stereocenters. The van der Waals surface area contributed by atoms with Crippen molar-refractivity contribution in [2.24, 2.45) is 0 Å². The molecule has 1 fully saturated rings. The van der Waals surface area contributed by atoms with Crippen LogP contribution in [-0.2, 0) is 6.54 Å². The first-order valence-electron chi connectivity index (χ1n) is 8.48. The molecule has 1 saturated heterocycles. The highest BCUT2D eigenvalue weighted by Crippen LogP contribution is 2.24. The van der Waals surface area contributed by atoms with E-state index in [1.807, 2.05) is 38.6 Å². The minimum Gasteiger partial charge on any atom is -0.461 e. The van der Waals surface area contributed by atoms with Gasteiger partial charge in [-0.2, -0.15) is 0 Å². The summed E-state index contributed by atoms with van der Waals surface area (Å²) in [6, 6.07) is 3.69. The zero-order valence-electron chi connectivity index (χ0n) is 14.5. The van der Waals surface area contributed by atoms with Gasteiger partial charge in [0.2, 0.25) is 0 Å². The SMILES string of the molecule is CN(C)C[C@]1(O)CCCN(Cc2cnc(-c3ccco3)nc2)CC1. The molecular formula is C18H26N4O2. The topological polar surface area (TPSA) is 65.6 Å². The van der Waals surface area contributed by atoms with Gasteiger partial charge in [-0.05, 0) is 52.0 Å². The van der Waals surface area contributed by atoms with Gasteiger partial charge in [0, 0.05) is 37.6 Å². The molecule has 0 aliphatic carbocycles. The van der Waals surface area contributed by atoms with E-state index in [-0.39, 0.29) is 0 Å². The fraction of sp³-hybridized carbons (Fsp3) is 0.556. The number of likely N-dealkylation sites (tertiary alicyclic amines) is 1. The van der Waals surface area contributed by atoms with Crippen molar-refractivity contribution in [1.29, 1.82) is 0 Å². The van der Waals surface area contributed by atoms with Gasteiger partial charge in [-0.1, -0.05) is 0 Å². The van der Waals surface area contributed by atoms with Crippen molar-refractivity contribution in [3.8, 4) is 11.6 Å². The molecule has 3 heterocycles. The van der Waals surface area contributed by atoms with Crippen molar-refractivity contribution in [2.75, 3.05) is 33.7 Å². The molecule has 6 heteroatoms. The van der Waals surface area contributed by atoms with Crippen molar-refractivity contribution in [1.82, 2.24) is 19.8 Å². The van der Waals surface area contributed by atoms with Crippen molar-refractivity contribution < 1.29 is 9.52 Å². The van der Waals surface area contributed by atoms with E-state index in [2.05, 4.69) is 19.8 Å². The number of likely N-dealkylation sites (N-methyl/N-ethyl adjacent to an activating group) is 1. The second-order valence-corrected chi connectivity index (χ2v) is 6.98. The van der Waals surface area contributed by atoms with Crippen LogP contribution >= 0.6 is 0 Å². The molecule has 1 aliphatic rings. The second kappa shape index (κ2) is 7.42. The third-order valence-electron chi connectivity index (χ3n) is 4.47. The van der Waals surface area contributed by atoms with Gasteiger partial charge >= 0.3 is 0 Å². The highest BCUT2D eigenvalue weighted by molar-refractivity contribution is 5.45. The molecule has 0 aromatic carbocycles. The standard InChI is InChI=1S/C18H26N4O2/c1-21(2)14-18(23)6-4-8-22(9-7-18)13-15-11-19-17(20-12-15)16-5-3-10-24-16/h3,5,10-12,23H,4,6-9,13-14H2,1-2H3/t18-/m0/s1. The van der Waals surface area contributed by atoms with Crippen LogP contribution in [0.5, 0.6) is 0 Å². The lowest BCUT2D eigenvalue weighted by Crippen LogP contribution is -2.40. The molecule has 2 aromatic heterocycles. The summed E-state index contributed by atoms with van der Waals surface area (Å²) in [5.74, 6) is 1.30. The van der Waals surface area contributed by atoms with Crippen LogP contribution in [0.4, 0.5) is 0 Å². The van der Waals surface area contributed by atoms with Crippen LogP contribution < -0.4 is 0 Å². The van der Waals surface area contributed by atoms with Crippen LogP contribution in [-0.4, -0.2) is 64.2 Å². The molecule has 1 aliphatic heterocycles. The summed E-state index contributed by atoms with van der Waals surface area (Å²) < 4.78 is 5.31. The maximum atomic E-state index is 10.7. The van der Waals surface area contributed by atoms with Crippen LogP contribution in [0.3, 0.4) is 0 Å². The van der Waals surface area contributed by atoms with Crippen molar-refractivity contribution in [2.45, 2.75) is 31.4 Å². The molecule has 0 radical (unpaired) electrons. The molecule has 2 aromatic rings. The zero-order chi connectivity index (χ0) is 17.0. The Morgan fingerprint density at radius 3 is 2.71 bits per heavy atom. The summed E-state index contributed by atoms with van der Waals surface area (Å²) in [4.78, 5) is 13.2. The lowest BCUT2D eigenvalue weighted by atomic mass is 9.94. The predicted octanol–water partition coefficient (Wildman–Crippen LogP) is 2.02. The Morgan fingerprint density at radius 1 is 1.25 bits per heavy atom. The molecule has 3 rings (SSSR count). The molecule has 0 amide bonds. The fourth-order valence-electron chi connectivity index (χ4n) is 3.37. The molecular weight excluding hydrogens is 304 g/mol. The van der Waals surface area contributed by atoms with E-state index in [1.165, 1.54) is 0 Å². The van der Waals surface area contributed by atoms with E-state index in [9.17, 15) is 5.11 Å². The molecule has 6 nitrogen and oxygen atoms in total. The van der Waals surface area contributed by atoms with Crippen LogP contribution in [0, 0.1) is 0 Å². The summed E-state index contributed by atoms with van der Waals surface area (Å²) in [7, 11) is 4.02. The molecule has 0 saturated carbocycles. The average molecular weight is 330 g/mol. The molecule has 130 valence electrons. The number of nitrogens with zero attached hydrogens (tertiary/aromatic N) is 4. The lowest BCUT2D eigenvalue weighted by Gasteiger charge is -2.30. The Bertz CT molecular complexity index is 627. The maximum absolute atomic E-state index is 10.7. The first-order valence-corrected chi connectivity index (χ1v) is 8.48. The highest BCUT2D eigenvalue weighted by atomic mass is 16.3. The number of hydrogen-bond donors (Lipinski definition) is 1. The third-order valence-corrected chi connectivity index (χ3v) is 4.47. The van der Waals surface area contributed by atoms with Gasteiger partial charge in [0.15, 0.2) is 11.6 Å². The van der Waals surface area contributed by atoms with Crippen LogP contribution in [0.2, 0.25) is 0 Å². The predicted molar refractivity (Wildman–Crippen MR) is 92.4 cm³/mol. The van der Waals surface area contributed by atoms with Crippen LogP contribution in [0.25, 0.3) is 11.6 Å². The number of aromatic nitrogens is 2. The van der Waals surface area contributed by atoms with E-state index in [1.54, 1.807) is 6.26 Å². The first kappa shape index (κ1) is 17.1. The smallest absolute Gasteiger partial charge is 0.195 e. The highest BCUT2D eigenvalue weighted by Gasteiger charge is 2.30. The van der Waals surface area contributed by atoms with Gasteiger partial charge in [-0.3, -0.25) is 4.90 Å². The molecule has 24 heavy (non-hydrogen) atoms. The number of rotatable bonds is 5. The van der Waals surface area contributed by atoms with Gasteiger partial charge in [-0.15, -0.1) is 0 Å². The maximum Gasteiger partial charge on any atom is 0.195 e. The largest absolute Gasteiger partial charge is 0.461 e. The molecule has 1 N–H and O–H groups in total. The van der Waals surface area contributed by atoms with E-state index in [0.717, 1.165) is 51.0 Å². The Kier molecular flexibility index (Phi) is 5.28. The van der Waals surface area contributed by atoms with E-state index in [0.29, 0.717) is 11.6 Å². The second-order valence-electron chi connectivity index (χ2n) is 6.98. The average Bonchev–Trinajstić information content (AvgIpc) is 3.01. The summed E-state index contributed by atoms with van der Waals surface area (Å²) >= 11 is 0. The van der Waals surface area contributed by atoms with Gasteiger partial charge < -0.3 is 14.4 Å². The summed E-state index contributed by atoms with van der Waals surface area (Å²) in [5.41, 5.74) is 0.515. The molecule has 1 atom stereocenters. The first-order chi connectivity index (χ1) is 11.5. The quantitative estimate of drug-likeness (QED) is 0.905. The van der Waals surface area contributed by atoms with Gasteiger partial charge in [0.05, 0.1) is 11.9 Å². The Labute approximate surface area is 143 Å². The van der Waals surface area contributed by atoms with Crippen molar-refractivity contribution in [3.63, 3.8) is 0 Å². The van der Waals surface area contributed by atoms with Crippen LogP contribution in [0.1, 0.15) is 24.8 Å². The minimum atomic E-state index is -0.572. The minimum absolute atomic E-state index is 0.572. The Balaban J connectivity index is 1.58. The fourth-order valence-corrected chi connectivity index (χ4v) is 3.37. The summed E-state index contributed by atoms with van der Waals surface area (Å²) in [6.07, 6.45) is 8.02. The van der Waals surface area contributed by atoms with Gasteiger partial charge in [0.1, 0.15) is 0 Å². The van der Waals surface area contributed by atoms with E-state index < -0.39 is 5.60 Å². The number of hydrogen-bond acceptors (Lipinski definition) is 6. The lowest BCUT2D eigenvalue weighted by molar-refractivity contribution is 0.00257. The van der Waals surface area contributed by atoms with Crippen LogP contribution in [0.15, 0.2) is 35.2 Å². The monoisotopic (exact) mass is 330 g/mol. The third kappa shape index (κ3) is 4.41. The summed E-state index contributed by atoms with van der Waals surface area (Å²) in [5, 5.41) is 10.7.